The molecule has 1 heterocycles. The lowest BCUT2D eigenvalue weighted by molar-refractivity contribution is 0.311. The third-order valence-corrected chi connectivity index (χ3v) is 6.08. The van der Waals surface area contributed by atoms with E-state index in [1.165, 1.54) is 39.2 Å². The predicted octanol–water partition coefficient (Wildman–Crippen LogP) is 5.08. The molecule has 1 aliphatic rings. The van der Waals surface area contributed by atoms with Crippen molar-refractivity contribution in [2.24, 2.45) is 0 Å². The van der Waals surface area contributed by atoms with Crippen LogP contribution in [0.2, 0.25) is 0 Å². The van der Waals surface area contributed by atoms with Crippen LogP contribution in [0.5, 0.6) is 0 Å². The van der Waals surface area contributed by atoms with E-state index in [4.69, 9.17) is 0 Å². The van der Waals surface area contributed by atoms with Crippen LogP contribution in [0.4, 0.5) is 11.4 Å². The Morgan fingerprint density at radius 1 is 0.852 bits per heavy atom. The van der Waals surface area contributed by atoms with Crippen LogP contribution < -0.4 is 9.80 Å². The van der Waals surface area contributed by atoms with E-state index in [1.807, 2.05) is 0 Å². The van der Waals surface area contributed by atoms with Gasteiger partial charge in [0.1, 0.15) is 0 Å². The van der Waals surface area contributed by atoms with Gasteiger partial charge in [-0.05, 0) is 80.7 Å². The summed E-state index contributed by atoms with van der Waals surface area (Å²) >= 11 is 0. The Kier molecular flexibility index (Phi) is 6.11. The molecule has 0 aliphatic carbocycles. The molecule has 0 bridgehead atoms. The molecule has 3 rings (SSSR count). The van der Waals surface area contributed by atoms with Crippen LogP contribution in [-0.4, -0.2) is 31.1 Å². The second-order valence-electron chi connectivity index (χ2n) is 7.59. The van der Waals surface area contributed by atoms with E-state index >= 15 is 0 Å². The largest absolute Gasteiger partial charge is 0.338 e. The molecular weight excluding hydrogens is 330 g/mol. The summed E-state index contributed by atoms with van der Waals surface area (Å²) in [5.74, 6) is 0. The molecule has 0 saturated carbocycles. The first-order chi connectivity index (χ1) is 13.0. The van der Waals surface area contributed by atoms with Crippen molar-refractivity contribution in [1.29, 1.82) is 0 Å². The number of fused-ring (bicyclic) bond motifs is 1. The molecule has 2 aromatic carbocycles. The number of benzene rings is 2. The van der Waals surface area contributed by atoms with Crippen molar-refractivity contribution < 1.29 is 0 Å². The van der Waals surface area contributed by atoms with E-state index < -0.39 is 0 Å². The fraction of sp³-hybridized carbons (Fsp3) is 0.458. The number of rotatable bonds is 7. The first-order valence-corrected chi connectivity index (χ1v) is 10.1. The molecule has 0 spiro atoms. The van der Waals surface area contributed by atoms with Gasteiger partial charge in [-0.2, -0.15) is 0 Å². The Morgan fingerprint density at radius 2 is 1.41 bits per heavy atom. The highest BCUT2D eigenvalue weighted by Gasteiger charge is 2.28. The molecule has 3 heteroatoms. The molecule has 0 N–H and O–H groups in total. The van der Waals surface area contributed by atoms with E-state index in [1.54, 1.807) is 0 Å². The Hall–Kier alpha value is -2.00. The van der Waals surface area contributed by atoms with E-state index in [0.29, 0.717) is 0 Å². The maximum absolute atomic E-state index is 3.64. The van der Waals surface area contributed by atoms with Gasteiger partial charge in [-0.1, -0.05) is 32.0 Å². The van der Waals surface area contributed by atoms with Gasteiger partial charge in [0.2, 0.25) is 6.67 Å². The fourth-order valence-electron chi connectivity index (χ4n) is 3.94. The van der Waals surface area contributed by atoms with Gasteiger partial charge in [-0.15, -0.1) is 0 Å². The van der Waals surface area contributed by atoms with Crippen LogP contribution in [0, 0.1) is 34.4 Å². The molecule has 27 heavy (non-hydrogen) atoms. The SMILES string of the molecule is CCN(CC)CCN1[C]N(Cc2c(C)c(C)cc(C)c2C)c2ccccc21. The summed E-state index contributed by atoms with van der Waals surface area (Å²) in [5.41, 5.74) is 9.51. The van der Waals surface area contributed by atoms with E-state index in [0.717, 1.165) is 32.7 Å². The quantitative estimate of drug-likeness (QED) is 0.679. The molecule has 1 aliphatic heterocycles. The van der Waals surface area contributed by atoms with Crippen molar-refractivity contribution in [3.8, 4) is 0 Å². The predicted molar refractivity (Wildman–Crippen MR) is 116 cm³/mol. The molecule has 3 nitrogen and oxygen atoms in total. The van der Waals surface area contributed by atoms with Crippen molar-refractivity contribution in [3.63, 3.8) is 0 Å². The van der Waals surface area contributed by atoms with Gasteiger partial charge < -0.3 is 14.7 Å². The standard InChI is InChI=1S/C24H33N3/c1-7-25(8-2)13-14-26-17-27(24-12-10-9-11-23(24)26)16-22-20(5)18(3)15-19(4)21(22)6/h9-12,15H,7-8,13-14,16H2,1-6H3. The highest BCUT2D eigenvalue weighted by atomic mass is 15.4. The van der Waals surface area contributed by atoms with Gasteiger partial charge in [0, 0.05) is 19.6 Å². The molecule has 0 amide bonds. The zero-order valence-electron chi connectivity index (χ0n) is 17.8. The van der Waals surface area contributed by atoms with Crippen molar-refractivity contribution in [3.05, 3.63) is 64.8 Å². The van der Waals surface area contributed by atoms with Crippen LogP contribution in [0.15, 0.2) is 30.3 Å². The monoisotopic (exact) mass is 363 g/mol. The molecule has 2 radical (unpaired) electrons. The zero-order valence-corrected chi connectivity index (χ0v) is 17.8. The summed E-state index contributed by atoms with van der Waals surface area (Å²) in [6, 6.07) is 11.0. The van der Waals surface area contributed by atoms with Gasteiger partial charge in [0.05, 0.1) is 11.4 Å². The number of hydrogen-bond acceptors (Lipinski definition) is 3. The minimum atomic E-state index is 0.874. The second-order valence-corrected chi connectivity index (χ2v) is 7.59. The lowest BCUT2D eigenvalue weighted by atomic mass is 9.94. The molecule has 144 valence electrons. The maximum Gasteiger partial charge on any atom is 0.209 e. The third-order valence-electron chi connectivity index (χ3n) is 6.08. The molecule has 0 saturated heterocycles. The molecule has 0 atom stereocenters. The van der Waals surface area contributed by atoms with Gasteiger partial charge in [-0.3, -0.25) is 0 Å². The number of para-hydroxylation sites is 2. The lowest BCUT2D eigenvalue weighted by Gasteiger charge is -2.25. The number of anilines is 2. The van der Waals surface area contributed by atoms with Gasteiger partial charge >= 0.3 is 0 Å². The first kappa shape index (κ1) is 19.8. The van der Waals surface area contributed by atoms with Crippen LogP contribution in [0.1, 0.15) is 41.7 Å². The summed E-state index contributed by atoms with van der Waals surface area (Å²) < 4.78 is 0. The summed E-state index contributed by atoms with van der Waals surface area (Å²) in [6.07, 6.45) is 0. The Labute approximate surface area is 165 Å². The van der Waals surface area contributed by atoms with Crippen LogP contribution in [0.25, 0.3) is 0 Å². The second kappa shape index (κ2) is 8.35. The average molecular weight is 364 g/mol. The van der Waals surface area contributed by atoms with Crippen molar-refractivity contribution in [2.45, 2.75) is 48.1 Å². The summed E-state index contributed by atoms with van der Waals surface area (Å²) in [4.78, 5) is 7.05. The molecule has 0 aromatic heterocycles. The normalized spacial score (nSPS) is 13.6. The number of hydrogen-bond donors (Lipinski definition) is 0. The highest BCUT2D eigenvalue weighted by molar-refractivity contribution is 5.78. The van der Waals surface area contributed by atoms with E-state index in [-0.39, 0.29) is 0 Å². The molecule has 0 unspecified atom stereocenters. The highest BCUT2D eigenvalue weighted by Crippen LogP contribution is 2.39. The number of likely N-dealkylation sites (N-methyl/N-ethyl adjacent to an activating group) is 1. The summed E-state index contributed by atoms with van der Waals surface area (Å²) in [5, 5.41) is 0. The van der Waals surface area contributed by atoms with Gasteiger partial charge in [0.25, 0.3) is 0 Å². The summed E-state index contributed by atoms with van der Waals surface area (Å²) in [7, 11) is 0. The average Bonchev–Trinajstić information content (AvgIpc) is 3.02. The first-order valence-electron chi connectivity index (χ1n) is 10.1. The Morgan fingerprint density at radius 3 is 1.96 bits per heavy atom. The smallest absolute Gasteiger partial charge is 0.209 e. The summed E-state index contributed by atoms with van der Waals surface area (Å²) in [6.45, 7) is 22.1. The molecule has 2 aromatic rings. The van der Waals surface area contributed by atoms with Crippen LogP contribution >= 0.6 is 0 Å². The van der Waals surface area contributed by atoms with Crippen molar-refractivity contribution in [2.75, 3.05) is 36.0 Å². The minimum absolute atomic E-state index is 0.874. The van der Waals surface area contributed by atoms with Crippen LogP contribution in [0.3, 0.4) is 0 Å². The molecular formula is C24H33N3. The fourth-order valence-corrected chi connectivity index (χ4v) is 3.94. The Bertz CT molecular complexity index is 766. The van der Waals surface area contributed by atoms with E-state index in [9.17, 15) is 0 Å². The van der Waals surface area contributed by atoms with Gasteiger partial charge in [0.15, 0.2) is 0 Å². The van der Waals surface area contributed by atoms with E-state index in [2.05, 4.69) is 93.2 Å². The number of nitrogens with zero attached hydrogens (tertiary/aromatic N) is 3. The van der Waals surface area contributed by atoms with Crippen molar-refractivity contribution >= 4 is 11.4 Å². The minimum Gasteiger partial charge on any atom is -0.338 e. The topological polar surface area (TPSA) is 9.72 Å². The zero-order chi connectivity index (χ0) is 19.6. The van der Waals surface area contributed by atoms with Crippen LogP contribution in [-0.2, 0) is 6.54 Å². The number of aryl methyl sites for hydroxylation is 2. The molecule has 0 fully saturated rings. The third kappa shape index (κ3) is 3.98. The van der Waals surface area contributed by atoms with Gasteiger partial charge in [-0.25, -0.2) is 0 Å². The van der Waals surface area contributed by atoms with Crippen molar-refractivity contribution in [1.82, 2.24) is 4.90 Å². The Balaban J connectivity index is 1.84. The maximum atomic E-state index is 3.64. The lowest BCUT2D eigenvalue weighted by Crippen LogP contribution is -2.34.